The van der Waals surface area contributed by atoms with Gasteiger partial charge in [0.05, 0.1) is 0 Å². The van der Waals surface area contributed by atoms with Crippen molar-refractivity contribution in [2.24, 2.45) is 0 Å². The topological polar surface area (TPSA) is 84.0 Å². The third-order valence-electron chi connectivity index (χ3n) is 3.27. The normalized spacial score (nSPS) is 10.8. The van der Waals surface area contributed by atoms with Gasteiger partial charge < -0.3 is 5.32 Å². The maximum Gasteiger partial charge on any atom is 0.251 e. The van der Waals surface area contributed by atoms with Gasteiger partial charge in [-0.15, -0.1) is 10.2 Å². The molecule has 1 aromatic carbocycles. The second-order valence-corrected chi connectivity index (χ2v) is 6.19. The zero-order valence-electron chi connectivity index (χ0n) is 13.7. The summed E-state index contributed by atoms with van der Waals surface area (Å²) in [6.45, 7) is 2.12. The number of rotatable bonds is 7. The van der Waals surface area contributed by atoms with Gasteiger partial charge in [0.25, 0.3) is 5.91 Å². The van der Waals surface area contributed by atoms with E-state index in [4.69, 9.17) is 0 Å². The summed E-state index contributed by atoms with van der Waals surface area (Å²) in [5, 5.41) is 14.7. The van der Waals surface area contributed by atoms with Crippen LogP contribution in [0.5, 0.6) is 0 Å². The lowest BCUT2D eigenvalue weighted by Crippen LogP contribution is -2.17. The van der Waals surface area contributed by atoms with E-state index in [1.165, 1.54) is 17.4 Å². The average Bonchev–Trinajstić information content (AvgIpc) is 3.05. The molecule has 6 nitrogen and oxygen atoms in total. The average molecular weight is 344 g/mol. The molecule has 0 atom stereocenters. The Bertz CT molecular complexity index is 722. The fourth-order valence-electron chi connectivity index (χ4n) is 1.94. The summed E-state index contributed by atoms with van der Waals surface area (Å²) in [4.78, 5) is 23.4. The SMILES string of the molecule is CCCCc1nnc(NC(=O)/C=C/c2ccc(C(=O)NC)cc2)s1. The van der Waals surface area contributed by atoms with Crippen molar-refractivity contribution < 1.29 is 9.59 Å². The van der Waals surface area contributed by atoms with E-state index in [9.17, 15) is 9.59 Å². The molecule has 0 aliphatic heterocycles. The Morgan fingerprint density at radius 3 is 2.62 bits per heavy atom. The first kappa shape index (κ1) is 17.8. The maximum atomic E-state index is 11.9. The minimum Gasteiger partial charge on any atom is -0.355 e. The molecule has 1 aromatic heterocycles. The lowest BCUT2D eigenvalue weighted by atomic mass is 10.1. The molecule has 2 N–H and O–H groups in total. The summed E-state index contributed by atoms with van der Waals surface area (Å²) in [7, 11) is 1.58. The molecule has 2 rings (SSSR count). The quantitative estimate of drug-likeness (QED) is 0.757. The third kappa shape index (κ3) is 5.27. The van der Waals surface area contributed by atoms with Gasteiger partial charge in [-0.25, -0.2) is 0 Å². The monoisotopic (exact) mass is 344 g/mol. The van der Waals surface area contributed by atoms with Crippen LogP contribution in [-0.2, 0) is 11.2 Å². The molecule has 7 heteroatoms. The van der Waals surface area contributed by atoms with Gasteiger partial charge in [0.2, 0.25) is 11.0 Å². The first-order valence-electron chi connectivity index (χ1n) is 7.76. The highest BCUT2D eigenvalue weighted by Crippen LogP contribution is 2.17. The van der Waals surface area contributed by atoms with Crippen LogP contribution < -0.4 is 10.6 Å². The molecule has 0 unspecified atom stereocenters. The van der Waals surface area contributed by atoms with Gasteiger partial charge in [-0.05, 0) is 30.2 Å². The summed E-state index contributed by atoms with van der Waals surface area (Å²) in [6.07, 6.45) is 6.17. The molecule has 0 saturated heterocycles. The van der Waals surface area contributed by atoms with Crippen LogP contribution in [0.3, 0.4) is 0 Å². The fourth-order valence-corrected chi connectivity index (χ4v) is 2.73. The molecular formula is C17H20N4O2S. The summed E-state index contributed by atoms with van der Waals surface area (Å²) >= 11 is 1.40. The first-order valence-corrected chi connectivity index (χ1v) is 8.57. The summed E-state index contributed by atoms with van der Waals surface area (Å²) in [5.74, 6) is -0.401. The van der Waals surface area contributed by atoms with Gasteiger partial charge in [-0.1, -0.05) is 36.8 Å². The second-order valence-electron chi connectivity index (χ2n) is 5.13. The molecule has 0 saturated carbocycles. The highest BCUT2D eigenvalue weighted by Gasteiger charge is 2.06. The lowest BCUT2D eigenvalue weighted by molar-refractivity contribution is -0.111. The molecule has 0 aliphatic rings. The molecule has 0 bridgehead atoms. The number of carbonyl (C=O) groups is 2. The predicted molar refractivity (Wildman–Crippen MR) is 96.0 cm³/mol. The molecular weight excluding hydrogens is 324 g/mol. The van der Waals surface area contributed by atoms with Crippen LogP contribution >= 0.6 is 11.3 Å². The number of aromatic nitrogens is 2. The van der Waals surface area contributed by atoms with Crippen molar-refractivity contribution >= 4 is 34.4 Å². The number of amides is 2. The number of unbranched alkanes of at least 4 members (excludes halogenated alkanes) is 1. The van der Waals surface area contributed by atoms with Crippen LogP contribution in [0, 0.1) is 0 Å². The number of hydrogen-bond donors (Lipinski definition) is 2. The summed E-state index contributed by atoms with van der Waals surface area (Å²) in [5.41, 5.74) is 1.41. The Balaban J connectivity index is 1.90. The zero-order chi connectivity index (χ0) is 17.4. The van der Waals surface area contributed by atoms with Crippen LogP contribution in [0.4, 0.5) is 5.13 Å². The molecule has 24 heavy (non-hydrogen) atoms. The number of aryl methyl sites for hydroxylation is 1. The summed E-state index contributed by atoms with van der Waals surface area (Å²) < 4.78 is 0. The maximum absolute atomic E-state index is 11.9. The van der Waals surface area contributed by atoms with E-state index in [0.29, 0.717) is 10.7 Å². The number of nitrogens with zero attached hydrogens (tertiary/aromatic N) is 2. The molecule has 0 fully saturated rings. The lowest BCUT2D eigenvalue weighted by Gasteiger charge is -2.00. The van der Waals surface area contributed by atoms with Crippen molar-refractivity contribution in [1.82, 2.24) is 15.5 Å². The van der Waals surface area contributed by atoms with Crippen LogP contribution in [0.1, 0.15) is 40.7 Å². The van der Waals surface area contributed by atoms with Crippen molar-refractivity contribution in [3.8, 4) is 0 Å². The van der Waals surface area contributed by atoms with Crippen LogP contribution in [0.25, 0.3) is 6.08 Å². The van der Waals surface area contributed by atoms with E-state index >= 15 is 0 Å². The Morgan fingerprint density at radius 2 is 1.96 bits per heavy atom. The number of benzene rings is 1. The van der Waals surface area contributed by atoms with Gasteiger partial charge in [-0.2, -0.15) is 0 Å². The first-order chi connectivity index (χ1) is 11.6. The number of nitrogens with one attached hydrogen (secondary N) is 2. The molecule has 0 aliphatic carbocycles. The Morgan fingerprint density at radius 1 is 1.21 bits per heavy atom. The van der Waals surface area contributed by atoms with E-state index in [0.717, 1.165) is 29.8 Å². The van der Waals surface area contributed by atoms with Crippen molar-refractivity contribution in [3.05, 3.63) is 46.5 Å². The van der Waals surface area contributed by atoms with Crippen molar-refractivity contribution in [2.75, 3.05) is 12.4 Å². The van der Waals surface area contributed by atoms with Gasteiger partial charge >= 0.3 is 0 Å². The van der Waals surface area contributed by atoms with Crippen molar-refractivity contribution in [1.29, 1.82) is 0 Å². The largest absolute Gasteiger partial charge is 0.355 e. The smallest absolute Gasteiger partial charge is 0.251 e. The zero-order valence-corrected chi connectivity index (χ0v) is 14.5. The van der Waals surface area contributed by atoms with E-state index in [1.54, 1.807) is 37.4 Å². The summed E-state index contributed by atoms with van der Waals surface area (Å²) in [6, 6.07) is 6.98. The molecule has 2 aromatic rings. The van der Waals surface area contributed by atoms with Crippen molar-refractivity contribution in [2.45, 2.75) is 26.2 Å². The predicted octanol–water partition coefficient (Wildman–Crippen LogP) is 2.89. The highest BCUT2D eigenvalue weighted by molar-refractivity contribution is 7.15. The molecule has 126 valence electrons. The van der Waals surface area contributed by atoms with Gasteiger partial charge in [0.15, 0.2) is 0 Å². The molecule has 0 spiro atoms. The van der Waals surface area contributed by atoms with E-state index in [-0.39, 0.29) is 11.8 Å². The van der Waals surface area contributed by atoms with E-state index in [2.05, 4.69) is 27.8 Å². The van der Waals surface area contributed by atoms with Gasteiger partial charge in [-0.3, -0.25) is 14.9 Å². The third-order valence-corrected chi connectivity index (χ3v) is 4.17. The number of hydrogen-bond acceptors (Lipinski definition) is 5. The van der Waals surface area contributed by atoms with E-state index < -0.39 is 0 Å². The highest BCUT2D eigenvalue weighted by atomic mass is 32.1. The number of anilines is 1. The van der Waals surface area contributed by atoms with Crippen LogP contribution in [-0.4, -0.2) is 29.1 Å². The van der Waals surface area contributed by atoms with Crippen molar-refractivity contribution in [3.63, 3.8) is 0 Å². The second kappa shape index (κ2) is 8.93. The van der Waals surface area contributed by atoms with Gasteiger partial charge in [0.1, 0.15) is 5.01 Å². The Labute approximate surface area is 145 Å². The molecule has 0 radical (unpaired) electrons. The van der Waals surface area contributed by atoms with Crippen LogP contribution in [0.2, 0.25) is 0 Å². The Kier molecular flexibility index (Phi) is 6.62. The standard InChI is InChI=1S/C17H20N4O2S/c1-3-4-5-15-20-21-17(24-15)19-14(22)11-8-12-6-9-13(10-7-12)16(23)18-2/h6-11H,3-5H2,1-2H3,(H,18,23)(H,19,21,22)/b11-8+. The number of carbonyl (C=O) groups excluding carboxylic acids is 2. The van der Waals surface area contributed by atoms with Crippen LogP contribution in [0.15, 0.2) is 30.3 Å². The minimum atomic E-state index is -0.261. The fraction of sp³-hybridized carbons (Fsp3) is 0.294. The minimum absolute atomic E-state index is 0.140. The molecule has 1 heterocycles. The van der Waals surface area contributed by atoms with E-state index in [1.807, 2.05) is 0 Å². The molecule has 2 amide bonds. The van der Waals surface area contributed by atoms with Gasteiger partial charge in [0, 0.05) is 25.1 Å². The Hall–Kier alpha value is -2.54.